The topological polar surface area (TPSA) is 101 Å². The molecule has 49 heavy (non-hydrogen) atoms. The minimum Gasteiger partial charge on any atom is -0.448 e. The minimum atomic E-state index is -0.755. The molecule has 0 spiro atoms. The van der Waals surface area contributed by atoms with Crippen LogP contribution in [0.4, 0.5) is 0 Å². The Morgan fingerprint density at radius 1 is 1.04 bits per heavy atom. The molecule has 2 aliphatic heterocycles. The van der Waals surface area contributed by atoms with E-state index in [0.717, 1.165) is 32.3 Å². The molecule has 1 aromatic heterocycles. The first-order valence-corrected chi connectivity index (χ1v) is 18.4. The summed E-state index contributed by atoms with van der Waals surface area (Å²) in [4.78, 5) is 52.2. The van der Waals surface area contributed by atoms with Crippen molar-refractivity contribution in [2.24, 2.45) is 4.99 Å². The van der Waals surface area contributed by atoms with Gasteiger partial charge in [0.05, 0.1) is 12.1 Å². The fraction of sp³-hybridized carbons (Fsp3) is 0.184. The van der Waals surface area contributed by atoms with E-state index in [4.69, 9.17) is 9.72 Å². The number of hydrogen-bond donors (Lipinski definition) is 1. The molecule has 1 N–H and O–H groups in total. The van der Waals surface area contributed by atoms with E-state index < -0.39 is 23.5 Å². The van der Waals surface area contributed by atoms with Gasteiger partial charge in [-0.25, -0.2) is 9.78 Å². The maximum atomic E-state index is 14.3. The molecule has 11 heteroatoms. The number of ether oxygens (including phenoxy) is 1. The number of β-lactam (4-membered cyclic amide) rings is 1. The van der Waals surface area contributed by atoms with Gasteiger partial charge in [-0.05, 0) is 29.7 Å². The molecule has 0 saturated carbocycles. The van der Waals surface area contributed by atoms with Gasteiger partial charge in [0.15, 0.2) is 10.4 Å². The molecule has 2 aliphatic rings. The van der Waals surface area contributed by atoms with Crippen LogP contribution >= 0.6 is 34.9 Å². The van der Waals surface area contributed by atoms with E-state index in [-0.39, 0.29) is 23.9 Å². The molecule has 0 aliphatic carbocycles. The normalized spacial score (nSPS) is 17.8. The van der Waals surface area contributed by atoms with E-state index in [2.05, 4.69) is 10.3 Å². The molecule has 6 rings (SSSR count). The summed E-state index contributed by atoms with van der Waals surface area (Å²) in [5, 5.41) is 4.42. The number of amides is 2. The quantitative estimate of drug-likeness (QED) is 0.0728. The van der Waals surface area contributed by atoms with Gasteiger partial charge in [-0.15, -0.1) is 23.1 Å². The van der Waals surface area contributed by atoms with Crippen LogP contribution in [0.15, 0.2) is 135 Å². The van der Waals surface area contributed by atoms with Gasteiger partial charge >= 0.3 is 5.97 Å². The summed E-state index contributed by atoms with van der Waals surface area (Å²) in [6, 6.07) is 27.7. The molecule has 248 valence electrons. The van der Waals surface area contributed by atoms with E-state index in [1.54, 1.807) is 13.3 Å². The van der Waals surface area contributed by atoms with E-state index >= 15 is 0 Å². The van der Waals surface area contributed by atoms with Crippen LogP contribution in [0.2, 0.25) is 0 Å². The highest BCUT2D eigenvalue weighted by atomic mass is 32.2. The Bertz CT molecular complexity index is 1880. The number of aromatic nitrogens is 1. The zero-order chi connectivity index (χ0) is 34.2. The van der Waals surface area contributed by atoms with Crippen molar-refractivity contribution >= 4 is 64.4 Å². The lowest BCUT2D eigenvalue weighted by Crippen LogP contribution is -2.70. The fourth-order valence-electron chi connectivity index (χ4n) is 5.51. The largest absolute Gasteiger partial charge is 0.448 e. The van der Waals surface area contributed by atoms with Crippen LogP contribution in [0.1, 0.15) is 35.4 Å². The number of thioether (sulfide) groups is 2. The van der Waals surface area contributed by atoms with Crippen LogP contribution in [0.5, 0.6) is 0 Å². The molecule has 0 radical (unpaired) electrons. The average Bonchev–Trinajstić information content (AvgIpc) is 3.60. The Morgan fingerprint density at radius 2 is 1.69 bits per heavy atom. The molecule has 8 nitrogen and oxygen atoms in total. The lowest BCUT2D eigenvalue weighted by Gasteiger charge is -2.49. The summed E-state index contributed by atoms with van der Waals surface area (Å²) in [7, 11) is 1.71. The number of fused-ring (bicyclic) bond motifs is 1. The lowest BCUT2D eigenvalue weighted by atomic mass is 10.0. The van der Waals surface area contributed by atoms with Crippen LogP contribution in [0.3, 0.4) is 0 Å². The maximum absolute atomic E-state index is 14.3. The van der Waals surface area contributed by atoms with Gasteiger partial charge in [-0.3, -0.25) is 19.5 Å². The number of thiazole rings is 1. The summed E-state index contributed by atoms with van der Waals surface area (Å²) in [6.45, 7) is 1.94. The smallest absolute Gasteiger partial charge is 0.356 e. The second kappa shape index (κ2) is 16.1. The third-order valence-electron chi connectivity index (χ3n) is 7.82. The first kappa shape index (κ1) is 34.2. The van der Waals surface area contributed by atoms with Crippen molar-refractivity contribution in [3.05, 3.63) is 148 Å². The van der Waals surface area contributed by atoms with Crippen molar-refractivity contribution in [1.29, 1.82) is 0 Å². The molecule has 2 atom stereocenters. The first-order valence-electron chi connectivity index (χ1n) is 15.7. The third kappa shape index (κ3) is 7.96. The monoisotopic (exact) mass is 706 g/mol. The summed E-state index contributed by atoms with van der Waals surface area (Å²) < 4.78 is 7.02. The highest BCUT2D eigenvalue weighted by Gasteiger charge is 2.55. The lowest BCUT2D eigenvalue weighted by molar-refractivity contribution is -0.154. The zero-order valence-electron chi connectivity index (χ0n) is 26.9. The van der Waals surface area contributed by atoms with Gasteiger partial charge in [-0.1, -0.05) is 115 Å². The minimum absolute atomic E-state index is 0.157. The molecule has 3 aromatic carbocycles. The number of nitrogens with zero attached hydrogens (tertiary/aromatic N) is 3. The van der Waals surface area contributed by atoms with Crippen molar-refractivity contribution in [2.75, 3.05) is 12.8 Å². The Morgan fingerprint density at radius 3 is 2.33 bits per heavy atom. The van der Waals surface area contributed by atoms with Crippen molar-refractivity contribution in [1.82, 2.24) is 15.2 Å². The summed E-state index contributed by atoms with van der Waals surface area (Å²) in [6.07, 6.45) is 6.98. The average molecular weight is 707 g/mol. The Kier molecular flexibility index (Phi) is 11.2. The molecule has 3 heterocycles. The maximum Gasteiger partial charge on any atom is 0.356 e. The Labute approximate surface area is 298 Å². The summed E-state index contributed by atoms with van der Waals surface area (Å²) in [5.41, 5.74) is 4.34. The van der Waals surface area contributed by atoms with Crippen LogP contribution in [-0.2, 0) is 25.5 Å². The Hall–Kier alpha value is -4.71. The second-order valence-electron chi connectivity index (χ2n) is 11.1. The number of benzene rings is 3. The molecule has 4 aromatic rings. The van der Waals surface area contributed by atoms with Crippen molar-refractivity contribution in [3.63, 3.8) is 0 Å². The molecule has 0 unspecified atom stereocenters. The van der Waals surface area contributed by atoms with E-state index in [1.165, 1.54) is 39.8 Å². The van der Waals surface area contributed by atoms with Gasteiger partial charge < -0.3 is 10.1 Å². The van der Waals surface area contributed by atoms with Gasteiger partial charge in [0, 0.05) is 34.9 Å². The summed E-state index contributed by atoms with van der Waals surface area (Å²) in [5.74, 6) is -0.778. The van der Waals surface area contributed by atoms with Crippen LogP contribution in [-0.4, -0.2) is 58.1 Å². The predicted octanol–water partition coefficient (Wildman–Crippen LogP) is 7.08. The number of esters is 1. The third-order valence-corrected chi connectivity index (χ3v) is 11.3. The predicted molar refractivity (Wildman–Crippen MR) is 198 cm³/mol. The van der Waals surface area contributed by atoms with E-state index in [1.807, 2.05) is 122 Å². The molecule has 0 bridgehead atoms. The molecular weight excluding hydrogens is 673 g/mol. The summed E-state index contributed by atoms with van der Waals surface area (Å²) >= 11 is 4.32. The molecule has 2 amide bonds. The number of carbonyl (C=O) groups is 3. The van der Waals surface area contributed by atoms with Crippen LogP contribution < -0.4 is 5.32 Å². The van der Waals surface area contributed by atoms with Crippen LogP contribution in [0, 0.1) is 0 Å². The van der Waals surface area contributed by atoms with Gasteiger partial charge in [0.25, 0.3) is 5.91 Å². The van der Waals surface area contributed by atoms with E-state index in [9.17, 15) is 14.4 Å². The SMILES string of the molecule is C/C=C\C(=C/C=NC)c1csc(SC2=C(C(=O)OC(c3ccccc3)c3ccccc3)N3C(=O)[C@@H](NC(=O)Cc4ccccc4)[C@H]3SC2)n1. The number of allylic oxidation sites excluding steroid dienone is 4. The second-order valence-corrected chi connectivity index (χ2v) is 14.4. The highest BCUT2D eigenvalue weighted by Crippen LogP contribution is 2.46. The highest BCUT2D eigenvalue weighted by molar-refractivity contribution is 8.07. The van der Waals surface area contributed by atoms with Crippen LogP contribution in [0.25, 0.3) is 5.57 Å². The van der Waals surface area contributed by atoms with Crippen molar-refractivity contribution in [2.45, 2.75) is 35.2 Å². The van der Waals surface area contributed by atoms with Gasteiger partial charge in [-0.2, -0.15) is 0 Å². The van der Waals surface area contributed by atoms with Gasteiger partial charge in [0.2, 0.25) is 5.91 Å². The van der Waals surface area contributed by atoms with E-state index in [0.29, 0.717) is 10.7 Å². The standard InChI is InChI=1S/C38H34N4O4S3/c1-3-13-26(20-21-39-2)29-23-48-38(40-29)49-30-24-47-36-32(41-31(43)22-25-14-7-4-8-15-25)35(44)42(36)33(30)37(45)46-34(27-16-9-5-10-17-27)28-18-11-6-12-19-28/h3-21,23,32,34,36H,22,24H2,1-2H3,(H,41,43)/b13-3-,26-20+,39-21?/t32-,36-/m1/s1. The molecule has 1 fully saturated rings. The number of rotatable bonds is 12. The fourth-order valence-corrected chi connectivity index (χ4v) is 8.97. The van der Waals surface area contributed by atoms with Gasteiger partial charge in [0.1, 0.15) is 17.1 Å². The first-order chi connectivity index (χ1) is 24.0. The zero-order valence-corrected chi connectivity index (χ0v) is 29.3. The number of nitrogens with one attached hydrogen (secondary N) is 1. The van der Waals surface area contributed by atoms with Crippen molar-refractivity contribution < 1.29 is 19.1 Å². The number of carbonyl (C=O) groups excluding carboxylic acids is 3. The number of aliphatic imine (C=N–C) groups is 1. The van der Waals surface area contributed by atoms with Crippen molar-refractivity contribution in [3.8, 4) is 0 Å². The number of hydrogen-bond acceptors (Lipinski definition) is 9. The molecular formula is C38H34N4O4S3. The Balaban J connectivity index is 1.31. The molecule has 1 saturated heterocycles.